The Balaban J connectivity index is 1.76. The van der Waals surface area contributed by atoms with Crippen LogP contribution in [0.1, 0.15) is 26.2 Å². The normalized spacial score (nSPS) is 15.6. The van der Waals surface area contributed by atoms with Gasteiger partial charge < -0.3 is 10.2 Å². The molecular weight excluding hydrogens is 272 g/mol. The van der Waals surface area contributed by atoms with Crippen LogP contribution in [0.3, 0.4) is 0 Å². The first-order valence-corrected chi connectivity index (χ1v) is 9.22. The van der Waals surface area contributed by atoms with Crippen molar-refractivity contribution in [1.82, 2.24) is 0 Å². The van der Waals surface area contributed by atoms with E-state index in [-0.39, 0.29) is 11.5 Å². The first-order valence-electron chi connectivity index (χ1n) is 7.40. The Morgan fingerprint density at radius 1 is 1.15 bits per heavy atom. The van der Waals surface area contributed by atoms with E-state index in [0.29, 0.717) is 13.0 Å². The second kappa shape index (κ2) is 6.97. The molecule has 1 aliphatic rings. The highest BCUT2D eigenvalue weighted by molar-refractivity contribution is 7.91. The molecule has 0 amide bonds. The summed E-state index contributed by atoms with van der Waals surface area (Å²) in [6, 6.07) is 8.41. The molecule has 1 aromatic carbocycles. The predicted octanol–water partition coefficient (Wildman–Crippen LogP) is 2.52. The van der Waals surface area contributed by atoms with Crippen molar-refractivity contribution in [3.8, 4) is 0 Å². The Labute approximate surface area is 122 Å². The SMILES string of the molecule is CCS(=O)(=O)CCCNc1ccc(N2CCCC2)cc1. The first-order chi connectivity index (χ1) is 9.61. The van der Waals surface area contributed by atoms with Gasteiger partial charge in [-0.05, 0) is 43.5 Å². The molecule has 0 atom stereocenters. The van der Waals surface area contributed by atoms with Crippen LogP contribution in [0.25, 0.3) is 0 Å². The van der Waals surface area contributed by atoms with Crippen molar-refractivity contribution < 1.29 is 8.42 Å². The van der Waals surface area contributed by atoms with Crippen LogP contribution >= 0.6 is 0 Å². The van der Waals surface area contributed by atoms with Gasteiger partial charge in [0, 0.05) is 36.8 Å². The largest absolute Gasteiger partial charge is 0.385 e. The van der Waals surface area contributed by atoms with Crippen molar-refractivity contribution >= 4 is 21.2 Å². The maximum absolute atomic E-state index is 11.4. The zero-order valence-electron chi connectivity index (χ0n) is 12.1. The number of hydrogen-bond acceptors (Lipinski definition) is 4. The summed E-state index contributed by atoms with van der Waals surface area (Å²) in [5.41, 5.74) is 2.34. The van der Waals surface area contributed by atoms with Gasteiger partial charge in [0.1, 0.15) is 9.84 Å². The van der Waals surface area contributed by atoms with E-state index in [1.54, 1.807) is 6.92 Å². The molecule has 0 spiro atoms. The molecule has 0 aromatic heterocycles. The summed E-state index contributed by atoms with van der Waals surface area (Å²) >= 11 is 0. The third-order valence-electron chi connectivity index (χ3n) is 3.74. The molecule has 4 nitrogen and oxygen atoms in total. The van der Waals surface area contributed by atoms with E-state index < -0.39 is 9.84 Å². The minimum atomic E-state index is -2.84. The van der Waals surface area contributed by atoms with E-state index in [1.165, 1.54) is 18.5 Å². The summed E-state index contributed by atoms with van der Waals surface area (Å²) in [4.78, 5) is 2.40. The monoisotopic (exact) mass is 296 g/mol. The van der Waals surface area contributed by atoms with Crippen molar-refractivity contribution in [2.45, 2.75) is 26.2 Å². The minimum absolute atomic E-state index is 0.234. The third-order valence-corrected chi connectivity index (χ3v) is 5.53. The van der Waals surface area contributed by atoms with Gasteiger partial charge in [0.25, 0.3) is 0 Å². The van der Waals surface area contributed by atoms with Crippen LogP contribution in [0.4, 0.5) is 11.4 Å². The van der Waals surface area contributed by atoms with E-state index in [1.807, 2.05) is 0 Å². The molecular formula is C15H24N2O2S. The Morgan fingerprint density at radius 2 is 1.80 bits per heavy atom. The summed E-state index contributed by atoms with van der Waals surface area (Å²) in [6.07, 6.45) is 3.22. The van der Waals surface area contributed by atoms with Gasteiger partial charge in [-0.25, -0.2) is 8.42 Å². The zero-order chi connectivity index (χ0) is 14.4. The fraction of sp³-hybridized carbons (Fsp3) is 0.600. The quantitative estimate of drug-likeness (QED) is 0.786. The molecule has 1 N–H and O–H groups in total. The minimum Gasteiger partial charge on any atom is -0.385 e. The van der Waals surface area contributed by atoms with E-state index in [2.05, 4.69) is 34.5 Å². The maximum Gasteiger partial charge on any atom is 0.150 e. The van der Waals surface area contributed by atoms with Crippen molar-refractivity contribution in [2.75, 3.05) is 41.4 Å². The van der Waals surface area contributed by atoms with E-state index in [4.69, 9.17) is 0 Å². The second-order valence-corrected chi connectivity index (χ2v) is 7.73. The van der Waals surface area contributed by atoms with Gasteiger partial charge in [-0.3, -0.25) is 0 Å². The molecule has 5 heteroatoms. The number of nitrogens with one attached hydrogen (secondary N) is 1. The average molecular weight is 296 g/mol. The van der Waals surface area contributed by atoms with E-state index >= 15 is 0 Å². The molecule has 0 radical (unpaired) electrons. The summed E-state index contributed by atoms with van der Waals surface area (Å²) in [6.45, 7) is 4.70. The Hall–Kier alpha value is -1.23. The lowest BCUT2D eigenvalue weighted by Gasteiger charge is -2.18. The lowest BCUT2D eigenvalue weighted by atomic mass is 10.2. The molecule has 1 fully saturated rings. The number of sulfone groups is 1. The molecule has 2 rings (SSSR count). The van der Waals surface area contributed by atoms with Crippen LogP contribution in [0, 0.1) is 0 Å². The molecule has 1 aromatic rings. The molecule has 1 saturated heterocycles. The summed E-state index contributed by atoms with van der Waals surface area (Å²) in [7, 11) is -2.84. The van der Waals surface area contributed by atoms with Crippen LogP contribution in [0.2, 0.25) is 0 Å². The molecule has 20 heavy (non-hydrogen) atoms. The van der Waals surface area contributed by atoms with Gasteiger partial charge in [-0.1, -0.05) is 6.92 Å². The lowest BCUT2D eigenvalue weighted by Crippen LogP contribution is -2.17. The topological polar surface area (TPSA) is 49.4 Å². The Morgan fingerprint density at radius 3 is 2.40 bits per heavy atom. The van der Waals surface area contributed by atoms with Gasteiger partial charge in [-0.2, -0.15) is 0 Å². The predicted molar refractivity (Wildman–Crippen MR) is 85.3 cm³/mol. The molecule has 0 aliphatic carbocycles. The van der Waals surface area contributed by atoms with Crippen molar-refractivity contribution in [3.63, 3.8) is 0 Å². The fourth-order valence-corrected chi connectivity index (χ4v) is 3.31. The highest BCUT2D eigenvalue weighted by Crippen LogP contribution is 2.21. The molecule has 0 unspecified atom stereocenters. The fourth-order valence-electron chi connectivity index (χ4n) is 2.43. The number of anilines is 2. The highest BCUT2D eigenvalue weighted by atomic mass is 32.2. The van der Waals surface area contributed by atoms with Gasteiger partial charge in [0.05, 0.1) is 5.75 Å². The number of nitrogens with zero attached hydrogens (tertiary/aromatic N) is 1. The van der Waals surface area contributed by atoms with E-state index in [0.717, 1.165) is 18.8 Å². The standard InChI is InChI=1S/C15H24N2O2S/c1-2-20(18,19)13-5-10-16-14-6-8-15(9-7-14)17-11-3-4-12-17/h6-9,16H,2-5,10-13H2,1H3. The summed E-state index contributed by atoms with van der Waals surface area (Å²) < 4.78 is 22.7. The maximum atomic E-state index is 11.4. The van der Waals surface area contributed by atoms with Crippen LogP contribution < -0.4 is 10.2 Å². The van der Waals surface area contributed by atoms with Crippen LogP contribution in [-0.4, -0.2) is 39.6 Å². The molecule has 112 valence electrons. The van der Waals surface area contributed by atoms with Gasteiger partial charge in [-0.15, -0.1) is 0 Å². The molecule has 1 heterocycles. The number of hydrogen-bond donors (Lipinski definition) is 1. The Bertz CT molecular complexity index is 505. The van der Waals surface area contributed by atoms with Crippen LogP contribution in [-0.2, 0) is 9.84 Å². The third kappa shape index (κ3) is 4.40. The van der Waals surface area contributed by atoms with Crippen molar-refractivity contribution in [1.29, 1.82) is 0 Å². The lowest BCUT2D eigenvalue weighted by molar-refractivity contribution is 0.595. The molecule has 0 saturated carbocycles. The smallest absolute Gasteiger partial charge is 0.150 e. The molecule has 1 aliphatic heterocycles. The Kier molecular flexibility index (Phi) is 5.29. The summed E-state index contributed by atoms with van der Waals surface area (Å²) in [5, 5.41) is 3.28. The van der Waals surface area contributed by atoms with Crippen molar-refractivity contribution in [3.05, 3.63) is 24.3 Å². The second-order valence-electron chi connectivity index (χ2n) is 5.26. The average Bonchev–Trinajstić information content (AvgIpc) is 2.98. The molecule has 0 bridgehead atoms. The zero-order valence-corrected chi connectivity index (χ0v) is 13.0. The van der Waals surface area contributed by atoms with E-state index in [9.17, 15) is 8.42 Å². The number of benzene rings is 1. The summed E-state index contributed by atoms with van der Waals surface area (Å²) in [5.74, 6) is 0.500. The first kappa shape index (κ1) is 15.2. The van der Waals surface area contributed by atoms with Crippen LogP contribution in [0.15, 0.2) is 24.3 Å². The van der Waals surface area contributed by atoms with Crippen LogP contribution in [0.5, 0.6) is 0 Å². The highest BCUT2D eigenvalue weighted by Gasteiger charge is 2.11. The number of rotatable bonds is 7. The van der Waals surface area contributed by atoms with Gasteiger partial charge in [0.2, 0.25) is 0 Å². The van der Waals surface area contributed by atoms with Crippen molar-refractivity contribution in [2.24, 2.45) is 0 Å². The van der Waals surface area contributed by atoms with Gasteiger partial charge in [0.15, 0.2) is 0 Å². The van der Waals surface area contributed by atoms with Gasteiger partial charge >= 0.3 is 0 Å².